The lowest BCUT2D eigenvalue weighted by Crippen LogP contribution is -2.34. The van der Waals surface area contributed by atoms with Crippen molar-refractivity contribution < 1.29 is 0 Å². The van der Waals surface area contributed by atoms with Gasteiger partial charge in [0.05, 0.1) is 11.3 Å². The Kier molecular flexibility index (Phi) is 3.88. The summed E-state index contributed by atoms with van der Waals surface area (Å²) in [5.41, 5.74) is 0. The molecule has 2 heterocycles. The van der Waals surface area contributed by atoms with E-state index >= 15 is 0 Å². The number of hydrogen-bond acceptors (Lipinski definition) is 5. The molecule has 1 saturated heterocycles. The highest BCUT2D eigenvalue weighted by atomic mass is 32.2. The summed E-state index contributed by atoms with van der Waals surface area (Å²) in [6, 6.07) is 2.81. The van der Waals surface area contributed by atoms with E-state index in [4.69, 9.17) is 5.26 Å². The lowest BCUT2D eigenvalue weighted by molar-refractivity contribution is 0.429. The van der Waals surface area contributed by atoms with Crippen molar-refractivity contribution in [3.63, 3.8) is 0 Å². The predicted molar refractivity (Wildman–Crippen MR) is 79.8 cm³/mol. The van der Waals surface area contributed by atoms with Gasteiger partial charge in [0.1, 0.15) is 0 Å². The van der Waals surface area contributed by atoms with Crippen LogP contribution in [0.3, 0.4) is 0 Å². The number of rotatable bonds is 4. The number of aromatic nitrogens is 3. The molecular weight excluding hydrogens is 270 g/mol. The summed E-state index contributed by atoms with van der Waals surface area (Å²) >= 11 is 1.53. The summed E-state index contributed by atoms with van der Waals surface area (Å²) < 4.78 is 2.27. The van der Waals surface area contributed by atoms with E-state index in [1.54, 1.807) is 0 Å². The first-order valence-electron chi connectivity index (χ1n) is 7.45. The van der Waals surface area contributed by atoms with Crippen LogP contribution in [0.4, 0.5) is 5.95 Å². The van der Waals surface area contributed by atoms with Crippen molar-refractivity contribution >= 4 is 17.7 Å². The highest BCUT2D eigenvalue weighted by Crippen LogP contribution is 2.42. The van der Waals surface area contributed by atoms with Crippen molar-refractivity contribution in [2.75, 3.05) is 18.0 Å². The highest BCUT2D eigenvalue weighted by Gasteiger charge is 2.32. The van der Waals surface area contributed by atoms with Gasteiger partial charge in [-0.2, -0.15) is 5.26 Å². The van der Waals surface area contributed by atoms with Crippen molar-refractivity contribution in [1.29, 1.82) is 5.26 Å². The SMILES string of the molecule is CC1CCN(c2nnc(S[C@H](C)C#N)n2C2CC2)CC1. The van der Waals surface area contributed by atoms with Gasteiger partial charge in [-0.15, -0.1) is 10.2 Å². The normalized spacial score (nSPS) is 21.8. The monoisotopic (exact) mass is 291 g/mol. The van der Waals surface area contributed by atoms with Gasteiger partial charge in [-0.1, -0.05) is 18.7 Å². The van der Waals surface area contributed by atoms with Crippen LogP contribution < -0.4 is 4.90 Å². The molecule has 6 heteroatoms. The van der Waals surface area contributed by atoms with Gasteiger partial charge in [0.2, 0.25) is 5.95 Å². The Hall–Kier alpha value is -1.22. The van der Waals surface area contributed by atoms with Gasteiger partial charge < -0.3 is 4.90 Å². The average Bonchev–Trinajstić information content (AvgIpc) is 3.21. The van der Waals surface area contributed by atoms with Crippen molar-refractivity contribution in [3.05, 3.63) is 0 Å². The van der Waals surface area contributed by atoms with Gasteiger partial charge >= 0.3 is 0 Å². The zero-order valence-corrected chi connectivity index (χ0v) is 12.9. The van der Waals surface area contributed by atoms with Crippen LogP contribution in [-0.4, -0.2) is 33.1 Å². The molecule has 3 rings (SSSR count). The first kappa shape index (κ1) is 13.7. The van der Waals surface area contributed by atoms with Crippen LogP contribution in [0.25, 0.3) is 0 Å². The number of nitriles is 1. The number of anilines is 1. The minimum absolute atomic E-state index is 0.0778. The molecule has 0 radical (unpaired) electrons. The maximum absolute atomic E-state index is 8.99. The van der Waals surface area contributed by atoms with E-state index in [9.17, 15) is 0 Å². The first-order valence-corrected chi connectivity index (χ1v) is 8.33. The molecule has 0 unspecified atom stereocenters. The van der Waals surface area contributed by atoms with Crippen molar-refractivity contribution in [2.45, 2.75) is 56.0 Å². The molecule has 0 bridgehead atoms. The summed E-state index contributed by atoms with van der Waals surface area (Å²) in [5, 5.41) is 18.6. The average molecular weight is 291 g/mol. The second-order valence-corrected chi connectivity index (χ2v) is 7.25. The third-order valence-electron chi connectivity index (χ3n) is 4.09. The fourth-order valence-corrected chi connectivity index (χ4v) is 3.41. The van der Waals surface area contributed by atoms with E-state index in [0.29, 0.717) is 6.04 Å². The van der Waals surface area contributed by atoms with Crippen molar-refractivity contribution in [1.82, 2.24) is 14.8 Å². The number of hydrogen-bond donors (Lipinski definition) is 0. The minimum atomic E-state index is -0.0778. The molecule has 2 aliphatic rings. The van der Waals surface area contributed by atoms with Crippen LogP contribution in [0, 0.1) is 17.2 Å². The summed E-state index contributed by atoms with van der Waals surface area (Å²) in [6.45, 7) is 6.38. The zero-order valence-electron chi connectivity index (χ0n) is 12.1. The fourth-order valence-electron chi connectivity index (χ4n) is 2.61. The molecule has 1 aromatic heterocycles. The molecule has 1 aliphatic carbocycles. The maximum atomic E-state index is 8.99. The van der Waals surface area contributed by atoms with Crippen molar-refractivity contribution in [2.24, 2.45) is 5.92 Å². The number of thioether (sulfide) groups is 1. The molecule has 20 heavy (non-hydrogen) atoms. The Morgan fingerprint density at radius 1 is 1.25 bits per heavy atom. The van der Waals surface area contributed by atoms with E-state index in [-0.39, 0.29) is 5.25 Å². The first-order chi connectivity index (χ1) is 9.69. The molecule has 108 valence electrons. The van der Waals surface area contributed by atoms with Gasteiger partial charge in [0.25, 0.3) is 0 Å². The molecule has 1 aliphatic heterocycles. The summed E-state index contributed by atoms with van der Waals surface area (Å²) in [6.07, 6.45) is 4.89. The molecular formula is C14H21N5S. The molecule has 1 atom stereocenters. The Morgan fingerprint density at radius 2 is 1.95 bits per heavy atom. The van der Waals surface area contributed by atoms with Gasteiger partial charge in [-0.3, -0.25) is 4.57 Å². The van der Waals surface area contributed by atoms with Crippen LogP contribution in [0.5, 0.6) is 0 Å². The molecule has 1 saturated carbocycles. The highest BCUT2D eigenvalue weighted by molar-refractivity contribution is 8.00. The van der Waals surface area contributed by atoms with E-state index < -0.39 is 0 Å². The fraction of sp³-hybridized carbons (Fsp3) is 0.786. The van der Waals surface area contributed by atoms with Crippen molar-refractivity contribution in [3.8, 4) is 6.07 Å². The summed E-state index contributed by atoms with van der Waals surface area (Å²) in [4.78, 5) is 2.37. The molecule has 0 aromatic carbocycles. The molecule has 1 aromatic rings. The third-order valence-corrected chi connectivity index (χ3v) is 5.04. The van der Waals surface area contributed by atoms with Gasteiger partial charge in [-0.05, 0) is 38.5 Å². The van der Waals surface area contributed by atoms with E-state index in [0.717, 1.165) is 30.1 Å². The minimum Gasteiger partial charge on any atom is -0.341 e. The molecule has 2 fully saturated rings. The van der Waals surface area contributed by atoms with E-state index in [2.05, 4.69) is 32.7 Å². The smallest absolute Gasteiger partial charge is 0.228 e. The second kappa shape index (κ2) is 5.65. The van der Waals surface area contributed by atoms with Gasteiger partial charge in [-0.25, -0.2) is 0 Å². The largest absolute Gasteiger partial charge is 0.341 e. The number of nitrogens with zero attached hydrogens (tertiary/aromatic N) is 5. The Bertz CT molecular complexity index is 508. The number of piperidine rings is 1. The molecule has 5 nitrogen and oxygen atoms in total. The summed E-state index contributed by atoms with van der Waals surface area (Å²) in [5.74, 6) is 1.84. The summed E-state index contributed by atoms with van der Waals surface area (Å²) in [7, 11) is 0. The Labute approximate surface area is 124 Å². The second-order valence-electron chi connectivity index (χ2n) is 5.94. The Morgan fingerprint density at radius 3 is 2.55 bits per heavy atom. The van der Waals surface area contributed by atoms with Crippen LogP contribution in [-0.2, 0) is 0 Å². The standard InChI is InChI=1S/C14H21N5S/c1-10-5-7-18(8-6-10)13-16-17-14(20-11(2)9-15)19(13)12-3-4-12/h10-12H,3-8H2,1-2H3/t11-/m1/s1. The van der Waals surface area contributed by atoms with Gasteiger partial charge in [0, 0.05) is 19.1 Å². The van der Waals surface area contributed by atoms with Crippen LogP contribution in [0.15, 0.2) is 5.16 Å². The zero-order chi connectivity index (χ0) is 14.1. The predicted octanol–water partition coefficient (Wildman–Crippen LogP) is 2.85. The van der Waals surface area contributed by atoms with Crippen LogP contribution in [0.2, 0.25) is 0 Å². The van der Waals surface area contributed by atoms with Crippen LogP contribution in [0.1, 0.15) is 45.6 Å². The topological polar surface area (TPSA) is 57.7 Å². The van der Waals surface area contributed by atoms with E-state index in [1.165, 1.54) is 37.4 Å². The van der Waals surface area contributed by atoms with Crippen LogP contribution >= 0.6 is 11.8 Å². The molecule has 0 N–H and O–H groups in total. The molecule has 0 amide bonds. The third kappa shape index (κ3) is 2.78. The van der Waals surface area contributed by atoms with E-state index in [1.807, 2.05) is 6.92 Å². The van der Waals surface area contributed by atoms with Gasteiger partial charge in [0.15, 0.2) is 5.16 Å². The maximum Gasteiger partial charge on any atom is 0.228 e. The Balaban J connectivity index is 1.82. The lowest BCUT2D eigenvalue weighted by Gasteiger charge is -2.31. The quantitative estimate of drug-likeness (QED) is 0.798. The lowest BCUT2D eigenvalue weighted by atomic mass is 10.00. The molecule has 0 spiro atoms.